The molecule has 0 fully saturated rings. The summed E-state index contributed by atoms with van der Waals surface area (Å²) in [4.78, 5) is 12.1. The van der Waals surface area contributed by atoms with Crippen molar-refractivity contribution in [3.63, 3.8) is 0 Å². The zero-order chi connectivity index (χ0) is 11.3. The van der Waals surface area contributed by atoms with Crippen LogP contribution in [0, 0.1) is 0 Å². The molecular weight excluding hydrogens is 200 g/mol. The first-order valence-electron chi connectivity index (χ1n) is 5.01. The van der Waals surface area contributed by atoms with E-state index in [-0.39, 0.29) is 5.78 Å². The molecule has 2 aromatic carbocycles. The van der Waals surface area contributed by atoms with Gasteiger partial charge in [0.05, 0.1) is 0 Å². The number of benzene rings is 2. The van der Waals surface area contributed by atoms with E-state index < -0.39 is 0 Å². The Morgan fingerprint density at radius 1 is 0.688 bits per heavy atom. The molecule has 0 aromatic heterocycles. The maximum atomic E-state index is 12.1. The fraction of sp³-hybridized carbons (Fsp3) is 0. The zero-order valence-electron chi connectivity index (χ0n) is 8.53. The van der Waals surface area contributed by atoms with Gasteiger partial charge < -0.3 is 11.5 Å². The first-order valence-corrected chi connectivity index (χ1v) is 5.01. The Balaban J connectivity index is 2.36. The molecule has 1 aliphatic carbocycles. The summed E-state index contributed by atoms with van der Waals surface area (Å²) in [6.07, 6.45) is 0. The molecule has 78 valence electrons. The van der Waals surface area contributed by atoms with Crippen LogP contribution in [-0.2, 0) is 0 Å². The van der Waals surface area contributed by atoms with E-state index in [1.807, 2.05) is 12.1 Å². The summed E-state index contributed by atoms with van der Waals surface area (Å²) >= 11 is 0. The van der Waals surface area contributed by atoms with Gasteiger partial charge in [0, 0.05) is 22.5 Å². The van der Waals surface area contributed by atoms with Crippen molar-refractivity contribution in [2.24, 2.45) is 0 Å². The molecule has 0 amide bonds. The molecule has 3 heteroatoms. The molecule has 16 heavy (non-hydrogen) atoms. The van der Waals surface area contributed by atoms with Gasteiger partial charge in [0.15, 0.2) is 5.78 Å². The van der Waals surface area contributed by atoms with Crippen molar-refractivity contribution in [1.82, 2.24) is 0 Å². The summed E-state index contributed by atoms with van der Waals surface area (Å²) in [5, 5.41) is 0. The van der Waals surface area contributed by atoms with Crippen LogP contribution in [0.4, 0.5) is 11.4 Å². The second-order valence-corrected chi connectivity index (χ2v) is 3.94. The topological polar surface area (TPSA) is 69.1 Å². The van der Waals surface area contributed by atoms with Gasteiger partial charge in [-0.15, -0.1) is 0 Å². The van der Waals surface area contributed by atoms with Crippen molar-refractivity contribution in [1.29, 1.82) is 0 Å². The number of fused-ring (bicyclic) bond motifs is 3. The highest BCUT2D eigenvalue weighted by Crippen LogP contribution is 2.38. The predicted molar refractivity (Wildman–Crippen MR) is 64.1 cm³/mol. The molecule has 4 N–H and O–H groups in total. The van der Waals surface area contributed by atoms with Gasteiger partial charge in [0.1, 0.15) is 0 Å². The highest BCUT2D eigenvalue weighted by molar-refractivity contribution is 6.22. The third-order valence-corrected chi connectivity index (χ3v) is 2.87. The molecule has 0 atom stereocenters. The van der Waals surface area contributed by atoms with Crippen LogP contribution in [-0.4, -0.2) is 5.78 Å². The maximum Gasteiger partial charge on any atom is 0.194 e. The highest BCUT2D eigenvalue weighted by Gasteiger charge is 2.26. The smallest absolute Gasteiger partial charge is 0.194 e. The van der Waals surface area contributed by atoms with E-state index in [4.69, 9.17) is 11.5 Å². The van der Waals surface area contributed by atoms with E-state index in [2.05, 4.69) is 0 Å². The van der Waals surface area contributed by atoms with E-state index in [0.29, 0.717) is 22.5 Å². The molecule has 0 spiro atoms. The predicted octanol–water partition coefficient (Wildman–Crippen LogP) is 2.06. The Labute approximate surface area is 92.7 Å². The lowest BCUT2D eigenvalue weighted by Crippen LogP contribution is -1.96. The SMILES string of the molecule is Nc1ccc2c(c1)C(=O)c1ccc(N)cc1-2. The molecule has 3 rings (SSSR count). The van der Waals surface area contributed by atoms with Gasteiger partial charge in [-0.1, -0.05) is 6.07 Å². The van der Waals surface area contributed by atoms with Gasteiger partial charge in [-0.3, -0.25) is 4.79 Å². The van der Waals surface area contributed by atoms with Gasteiger partial charge in [-0.25, -0.2) is 0 Å². The molecule has 0 saturated carbocycles. The minimum absolute atomic E-state index is 0.0253. The number of anilines is 2. The van der Waals surface area contributed by atoms with E-state index in [0.717, 1.165) is 11.1 Å². The number of rotatable bonds is 0. The molecule has 0 bridgehead atoms. The van der Waals surface area contributed by atoms with Crippen LogP contribution in [0.2, 0.25) is 0 Å². The normalized spacial score (nSPS) is 12.4. The van der Waals surface area contributed by atoms with E-state index >= 15 is 0 Å². The summed E-state index contributed by atoms with van der Waals surface area (Å²) < 4.78 is 0. The minimum Gasteiger partial charge on any atom is -0.399 e. The summed E-state index contributed by atoms with van der Waals surface area (Å²) in [6.45, 7) is 0. The molecular formula is C13H10N2O. The lowest BCUT2D eigenvalue weighted by molar-refractivity contribution is 0.104. The Morgan fingerprint density at radius 2 is 1.25 bits per heavy atom. The van der Waals surface area contributed by atoms with Crippen molar-refractivity contribution < 1.29 is 4.79 Å². The fourth-order valence-electron chi connectivity index (χ4n) is 2.11. The summed E-state index contributed by atoms with van der Waals surface area (Å²) in [5.41, 5.74) is 15.9. The molecule has 0 radical (unpaired) electrons. The zero-order valence-corrected chi connectivity index (χ0v) is 8.53. The molecule has 2 aromatic rings. The van der Waals surface area contributed by atoms with E-state index in [1.54, 1.807) is 24.3 Å². The van der Waals surface area contributed by atoms with Crippen molar-refractivity contribution in [2.45, 2.75) is 0 Å². The highest BCUT2D eigenvalue weighted by atomic mass is 16.1. The minimum atomic E-state index is 0.0253. The van der Waals surface area contributed by atoms with E-state index in [9.17, 15) is 4.79 Å². The summed E-state index contributed by atoms with van der Waals surface area (Å²) in [7, 11) is 0. The van der Waals surface area contributed by atoms with Gasteiger partial charge in [-0.05, 0) is 41.5 Å². The van der Waals surface area contributed by atoms with Gasteiger partial charge in [-0.2, -0.15) is 0 Å². The molecule has 1 aliphatic rings. The molecule has 3 nitrogen and oxygen atoms in total. The number of hydrogen-bond acceptors (Lipinski definition) is 3. The van der Waals surface area contributed by atoms with Gasteiger partial charge >= 0.3 is 0 Å². The third-order valence-electron chi connectivity index (χ3n) is 2.87. The van der Waals surface area contributed by atoms with Crippen molar-refractivity contribution >= 4 is 17.2 Å². The molecule has 0 saturated heterocycles. The van der Waals surface area contributed by atoms with Crippen LogP contribution in [0.1, 0.15) is 15.9 Å². The van der Waals surface area contributed by atoms with Gasteiger partial charge in [0.25, 0.3) is 0 Å². The van der Waals surface area contributed by atoms with Crippen LogP contribution in [0.15, 0.2) is 36.4 Å². The lowest BCUT2D eigenvalue weighted by Gasteiger charge is -2.01. The van der Waals surface area contributed by atoms with Crippen LogP contribution < -0.4 is 11.5 Å². The van der Waals surface area contributed by atoms with E-state index in [1.165, 1.54) is 0 Å². The second-order valence-electron chi connectivity index (χ2n) is 3.94. The van der Waals surface area contributed by atoms with Crippen molar-refractivity contribution in [3.8, 4) is 11.1 Å². The quantitative estimate of drug-likeness (QED) is 0.558. The molecule has 0 heterocycles. The Kier molecular flexibility index (Phi) is 1.60. The summed E-state index contributed by atoms with van der Waals surface area (Å²) in [6, 6.07) is 10.7. The summed E-state index contributed by atoms with van der Waals surface area (Å²) in [5.74, 6) is 0.0253. The first kappa shape index (κ1) is 8.97. The average Bonchev–Trinajstić information content (AvgIpc) is 2.52. The number of nitrogens with two attached hydrogens (primary N) is 2. The maximum absolute atomic E-state index is 12.1. The van der Waals surface area contributed by atoms with Crippen molar-refractivity contribution in [3.05, 3.63) is 47.5 Å². The van der Waals surface area contributed by atoms with Crippen LogP contribution in [0.3, 0.4) is 0 Å². The Morgan fingerprint density at radius 3 is 1.94 bits per heavy atom. The fourth-order valence-corrected chi connectivity index (χ4v) is 2.11. The van der Waals surface area contributed by atoms with Crippen molar-refractivity contribution in [2.75, 3.05) is 11.5 Å². The second kappa shape index (κ2) is 2.85. The standard InChI is InChI=1S/C13H10N2O/c14-7-2-4-10-11(5-7)9-3-1-8(15)6-12(9)13(10)16/h1-6H,14-15H2. The monoisotopic (exact) mass is 210 g/mol. The number of nitrogen functional groups attached to an aromatic ring is 2. The largest absolute Gasteiger partial charge is 0.399 e. The number of ketones is 1. The Hall–Kier alpha value is -2.29. The molecule has 0 unspecified atom stereocenters. The average molecular weight is 210 g/mol. The lowest BCUT2D eigenvalue weighted by atomic mass is 10.1. The number of carbonyl (C=O) groups is 1. The Bertz CT molecular complexity index is 617. The first-order chi connectivity index (χ1) is 7.66. The van der Waals surface area contributed by atoms with Crippen LogP contribution in [0.25, 0.3) is 11.1 Å². The van der Waals surface area contributed by atoms with Crippen LogP contribution >= 0.6 is 0 Å². The van der Waals surface area contributed by atoms with Crippen LogP contribution in [0.5, 0.6) is 0 Å². The third kappa shape index (κ3) is 1.05. The molecule has 0 aliphatic heterocycles. The number of carbonyl (C=O) groups excluding carboxylic acids is 1. The number of hydrogen-bond donors (Lipinski definition) is 2. The van der Waals surface area contributed by atoms with Gasteiger partial charge in [0.2, 0.25) is 0 Å².